The maximum absolute atomic E-state index is 12.0. The van der Waals surface area contributed by atoms with Gasteiger partial charge in [-0.1, -0.05) is 0 Å². The van der Waals surface area contributed by atoms with Crippen LogP contribution in [0.4, 0.5) is 0 Å². The summed E-state index contributed by atoms with van der Waals surface area (Å²) in [6.07, 6.45) is 10.6. The fraction of sp³-hybridized carbons (Fsp3) is 0.824. The molecule has 20 heavy (non-hydrogen) atoms. The summed E-state index contributed by atoms with van der Waals surface area (Å²) < 4.78 is 5.48. The fourth-order valence-electron chi connectivity index (χ4n) is 3.22. The van der Waals surface area contributed by atoms with Crippen molar-refractivity contribution in [2.75, 3.05) is 13.1 Å². The molecule has 3 nitrogen and oxygen atoms in total. The summed E-state index contributed by atoms with van der Waals surface area (Å²) >= 11 is 0. The van der Waals surface area contributed by atoms with Crippen molar-refractivity contribution >= 4 is 5.97 Å². The average molecular weight is 277 g/mol. The zero-order chi connectivity index (χ0) is 14.8. The van der Waals surface area contributed by atoms with Gasteiger partial charge in [-0.25, -0.2) is 0 Å². The van der Waals surface area contributed by atoms with Gasteiger partial charge in [0.05, 0.1) is 5.92 Å². The van der Waals surface area contributed by atoms with Gasteiger partial charge in [0.25, 0.3) is 0 Å². The minimum atomic E-state index is -0.370. The lowest BCUT2D eigenvalue weighted by Crippen LogP contribution is -2.49. The van der Waals surface area contributed by atoms with Crippen molar-refractivity contribution in [3.8, 4) is 12.3 Å². The van der Waals surface area contributed by atoms with Crippen LogP contribution >= 0.6 is 0 Å². The van der Waals surface area contributed by atoms with Crippen LogP contribution in [-0.2, 0) is 9.53 Å². The molecule has 0 bridgehead atoms. The molecule has 0 unspecified atom stereocenters. The van der Waals surface area contributed by atoms with E-state index in [0.29, 0.717) is 6.04 Å². The van der Waals surface area contributed by atoms with Gasteiger partial charge in [0, 0.05) is 12.5 Å². The highest BCUT2D eigenvalue weighted by Crippen LogP contribution is 2.36. The van der Waals surface area contributed by atoms with Gasteiger partial charge in [-0.05, 0) is 65.5 Å². The Morgan fingerprint density at radius 1 is 1.30 bits per heavy atom. The molecular formula is C17H27NO2. The SMILES string of the molecule is C#CCC1CC(N2CCC(C(=O)OC(C)(C)C)CC2)C1. The van der Waals surface area contributed by atoms with Gasteiger partial charge in [0.1, 0.15) is 5.60 Å². The molecule has 3 heteroatoms. The molecular weight excluding hydrogens is 250 g/mol. The minimum Gasteiger partial charge on any atom is -0.460 e. The first-order valence-electron chi connectivity index (χ1n) is 7.79. The van der Waals surface area contributed by atoms with E-state index in [1.54, 1.807) is 0 Å². The molecule has 1 saturated carbocycles. The van der Waals surface area contributed by atoms with E-state index in [1.807, 2.05) is 20.8 Å². The molecule has 2 rings (SSSR count). The Morgan fingerprint density at radius 3 is 2.40 bits per heavy atom. The summed E-state index contributed by atoms with van der Waals surface area (Å²) in [7, 11) is 0. The number of likely N-dealkylation sites (tertiary alicyclic amines) is 1. The second-order valence-electron chi connectivity index (χ2n) is 7.24. The first-order valence-corrected chi connectivity index (χ1v) is 7.79. The Bertz CT molecular complexity index is 377. The smallest absolute Gasteiger partial charge is 0.309 e. The number of esters is 1. The Labute approximate surface area is 123 Å². The van der Waals surface area contributed by atoms with Crippen molar-refractivity contribution in [1.29, 1.82) is 0 Å². The first-order chi connectivity index (χ1) is 9.39. The first kappa shape index (κ1) is 15.4. The molecule has 0 spiro atoms. The van der Waals surface area contributed by atoms with Gasteiger partial charge in [-0.2, -0.15) is 0 Å². The largest absolute Gasteiger partial charge is 0.460 e. The van der Waals surface area contributed by atoms with Crippen LogP contribution in [0, 0.1) is 24.2 Å². The average Bonchev–Trinajstić information content (AvgIpc) is 2.31. The van der Waals surface area contributed by atoms with Crippen LogP contribution in [0.1, 0.15) is 52.9 Å². The van der Waals surface area contributed by atoms with Crippen LogP contribution in [-0.4, -0.2) is 35.6 Å². The molecule has 2 aliphatic rings. The number of ether oxygens (including phenoxy) is 1. The van der Waals surface area contributed by atoms with Gasteiger partial charge < -0.3 is 9.64 Å². The summed E-state index contributed by atoms with van der Waals surface area (Å²) in [6, 6.07) is 0.702. The van der Waals surface area contributed by atoms with Crippen LogP contribution < -0.4 is 0 Å². The third-order valence-corrected chi connectivity index (χ3v) is 4.40. The van der Waals surface area contributed by atoms with Crippen LogP contribution in [0.2, 0.25) is 0 Å². The van der Waals surface area contributed by atoms with Crippen molar-refractivity contribution < 1.29 is 9.53 Å². The quantitative estimate of drug-likeness (QED) is 0.587. The third kappa shape index (κ3) is 3.99. The van der Waals surface area contributed by atoms with E-state index in [4.69, 9.17) is 11.2 Å². The Morgan fingerprint density at radius 2 is 1.90 bits per heavy atom. The molecule has 0 N–H and O–H groups in total. The Kier molecular flexibility index (Phi) is 4.75. The molecule has 1 heterocycles. The van der Waals surface area contributed by atoms with Crippen molar-refractivity contribution in [1.82, 2.24) is 4.90 Å². The number of nitrogens with zero attached hydrogens (tertiary/aromatic N) is 1. The molecule has 0 amide bonds. The monoisotopic (exact) mass is 277 g/mol. The molecule has 1 aliphatic carbocycles. The fourth-order valence-corrected chi connectivity index (χ4v) is 3.22. The summed E-state index contributed by atoms with van der Waals surface area (Å²) in [5.74, 6) is 3.56. The van der Waals surface area contributed by atoms with E-state index in [0.717, 1.165) is 38.3 Å². The van der Waals surface area contributed by atoms with E-state index in [9.17, 15) is 4.79 Å². The van der Waals surface area contributed by atoms with E-state index in [1.165, 1.54) is 12.8 Å². The Hall–Kier alpha value is -1.01. The maximum atomic E-state index is 12.0. The lowest BCUT2D eigenvalue weighted by molar-refractivity contribution is -0.162. The summed E-state index contributed by atoms with van der Waals surface area (Å²) in [4.78, 5) is 14.6. The zero-order valence-corrected chi connectivity index (χ0v) is 13.0. The van der Waals surface area contributed by atoms with Crippen LogP contribution in [0.15, 0.2) is 0 Å². The van der Waals surface area contributed by atoms with Crippen LogP contribution in [0.25, 0.3) is 0 Å². The van der Waals surface area contributed by atoms with Gasteiger partial charge >= 0.3 is 5.97 Å². The summed E-state index contributed by atoms with van der Waals surface area (Å²) in [5, 5.41) is 0. The molecule has 1 saturated heterocycles. The van der Waals surface area contributed by atoms with Crippen molar-refractivity contribution in [3.63, 3.8) is 0 Å². The number of hydrogen-bond acceptors (Lipinski definition) is 3. The van der Waals surface area contributed by atoms with Crippen molar-refractivity contribution in [2.45, 2.75) is 64.5 Å². The number of carbonyl (C=O) groups excluding carboxylic acids is 1. The molecule has 112 valence electrons. The van der Waals surface area contributed by atoms with Crippen LogP contribution in [0.3, 0.4) is 0 Å². The molecule has 0 aromatic heterocycles. The summed E-state index contributed by atoms with van der Waals surface area (Å²) in [6.45, 7) is 7.84. The molecule has 0 atom stereocenters. The van der Waals surface area contributed by atoms with Crippen molar-refractivity contribution in [2.24, 2.45) is 11.8 Å². The number of rotatable bonds is 3. The van der Waals surface area contributed by atoms with Gasteiger partial charge in [-0.3, -0.25) is 4.79 Å². The highest BCUT2D eigenvalue weighted by Gasteiger charge is 2.36. The van der Waals surface area contributed by atoms with Gasteiger partial charge in [-0.15, -0.1) is 12.3 Å². The molecule has 2 fully saturated rings. The second-order valence-corrected chi connectivity index (χ2v) is 7.24. The number of piperidine rings is 1. The topological polar surface area (TPSA) is 29.5 Å². The minimum absolute atomic E-state index is 0.0176. The number of terminal acetylenes is 1. The maximum Gasteiger partial charge on any atom is 0.309 e. The normalized spacial score (nSPS) is 28.5. The van der Waals surface area contributed by atoms with E-state index >= 15 is 0 Å². The highest BCUT2D eigenvalue weighted by atomic mass is 16.6. The lowest BCUT2D eigenvalue weighted by Gasteiger charge is -2.45. The predicted molar refractivity (Wildman–Crippen MR) is 80.1 cm³/mol. The lowest BCUT2D eigenvalue weighted by atomic mass is 9.76. The predicted octanol–water partition coefficient (Wildman–Crippen LogP) is 2.84. The van der Waals surface area contributed by atoms with Gasteiger partial charge in [0.15, 0.2) is 0 Å². The zero-order valence-electron chi connectivity index (χ0n) is 13.0. The van der Waals surface area contributed by atoms with Crippen LogP contribution in [0.5, 0.6) is 0 Å². The molecule has 0 aromatic carbocycles. The molecule has 1 aliphatic heterocycles. The summed E-state index contributed by atoms with van der Waals surface area (Å²) in [5.41, 5.74) is -0.370. The number of hydrogen-bond donors (Lipinski definition) is 0. The second kappa shape index (κ2) is 6.18. The molecule has 0 radical (unpaired) electrons. The van der Waals surface area contributed by atoms with E-state index in [2.05, 4.69) is 10.8 Å². The van der Waals surface area contributed by atoms with Gasteiger partial charge in [0.2, 0.25) is 0 Å². The van der Waals surface area contributed by atoms with E-state index < -0.39 is 0 Å². The van der Waals surface area contributed by atoms with E-state index in [-0.39, 0.29) is 17.5 Å². The Balaban J connectivity index is 1.71. The molecule has 0 aromatic rings. The third-order valence-electron chi connectivity index (χ3n) is 4.40. The van der Waals surface area contributed by atoms with Crippen molar-refractivity contribution in [3.05, 3.63) is 0 Å². The highest BCUT2D eigenvalue weighted by molar-refractivity contribution is 5.73. The standard InChI is InChI=1S/C17H27NO2/c1-5-6-13-11-15(12-13)18-9-7-14(8-10-18)16(19)20-17(2,3)4/h1,13-15H,6-12H2,2-4H3. The number of carbonyl (C=O) groups is 1.